The lowest BCUT2D eigenvalue weighted by Gasteiger charge is -2.05. The first-order valence-corrected chi connectivity index (χ1v) is 6.16. The average Bonchev–Trinajstić information content (AvgIpc) is 2.52. The van der Waals surface area contributed by atoms with Gasteiger partial charge in [-0.2, -0.15) is 13.2 Å². The van der Waals surface area contributed by atoms with Gasteiger partial charge in [-0.3, -0.25) is 4.79 Å². The molecule has 7 heteroatoms. The fraction of sp³-hybridized carbons (Fsp3) is 0.133. The first-order valence-electron chi connectivity index (χ1n) is 6.16. The fourth-order valence-corrected chi connectivity index (χ4v) is 1.56. The first kappa shape index (κ1) is 15.5. The highest BCUT2D eigenvalue weighted by Crippen LogP contribution is 2.29. The number of rotatable bonds is 2. The Balaban J connectivity index is 1.96. The number of carbonyl (C=O) groups excluding carboxylic acids is 1. The molecule has 0 aliphatic heterocycles. The molecule has 1 N–H and O–H groups in total. The number of hydrogen-bond acceptors (Lipinski definition) is 3. The van der Waals surface area contributed by atoms with E-state index in [-0.39, 0.29) is 17.7 Å². The zero-order chi connectivity index (χ0) is 16.0. The van der Waals surface area contributed by atoms with Crippen molar-refractivity contribution in [3.05, 3.63) is 59.7 Å². The van der Waals surface area contributed by atoms with Gasteiger partial charge in [-0.15, -0.1) is 0 Å². The maximum absolute atomic E-state index is 12.5. The van der Waals surface area contributed by atoms with Crippen molar-refractivity contribution in [3.8, 4) is 11.8 Å². The van der Waals surface area contributed by atoms with Crippen LogP contribution in [0.3, 0.4) is 0 Å². The summed E-state index contributed by atoms with van der Waals surface area (Å²) in [7, 11) is 0. The summed E-state index contributed by atoms with van der Waals surface area (Å²) in [6, 6.07) is 4.68. The second kappa shape index (κ2) is 6.72. The minimum absolute atomic E-state index is 0.00394. The molecule has 0 saturated carbocycles. The summed E-state index contributed by atoms with van der Waals surface area (Å²) in [5.74, 6) is 4.76. The van der Waals surface area contributed by atoms with Crippen molar-refractivity contribution in [2.24, 2.45) is 0 Å². The van der Waals surface area contributed by atoms with Gasteiger partial charge in [0, 0.05) is 18.0 Å². The molecule has 0 aliphatic rings. The van der Waals surface area contributed by atoms with Crippen molar-refractivity contribution < 1.29 is 18.0 Å². The molecule has 112 valence electrons. The number of hydrogen-bond donors (Lipinski definition) is 1. The highest BCUT2D eigenvalue weighted by molar-refractivity contribution is 5.93. The fourth-order valence-electron chi connectivity index (χ4n) is 1.56. The zero-order valence-electron chi connectivity index (χ0n) is 11.2. The molecule has 0 spiro atoms. The number of carbonyl (C=O) groups is 1. The third-order valence-electron chi connectivity index (χ3n) is 2.58. The molecule has 2 aromatic rings. The monoisotopic (exact) mass is 305 g/mol. The van der Waals surface area contributed by atoms with Crippen molar-refractivity contribution in [1.29, 1.82) is 0 Å². The van der Waals surface area contributed by atoms with Crippen LogP contribution in [-0.2, 0) is 6.18 Å². The highest BCUT2D eigenvalue weighted by Gasteiger charge is 2.30. The third-order valence-corrected chi connectivity index (χ3v) is 2.58. The van der Waals surface area contributed by atoms with Crippen LogP contribution >= 0.6 is 0 Å². The van der Waals surface area contributed by atoms with Crippen LogP contribution in [0, 0.1) is 11.8 Å². The molecule has 1 amide bonds. The molecule has 0 aliphatic carbocycles. The summed E-state index contributed by atoms with van der Waals surface area (Å²) < 4.78 is 37.6. The van der Waals surface area contributed by atoms with E-state index in [9.17, 15) is 18.0 Å². The number of amides is 1. The number of benzene rings is 1. The van der Waals surface area contributed by atoms with Gasteiger partial charge in [0.1, 0.15) is 6.33 Å². The second-order valence-electron chi connectivity index (χ2n) is 4.19. The van der Waals surface area contributed by atoms with Gasteiger partial charge in [-0.1, -0.05) is 17.9 Å². The Morgan fingerprint density at radius 3 is 2.64 bits per heavy atom. The summed E-state index contributed by atoms with van der Waals surface area (Å²) >= 11 is 0. The number of alkyl halides is 3. The highest BCUT2D eigenvalue weighted by atomic mass is 19.4. The topological polar surface area (TPSA) is 54.9 Å². The first-order chi connectivity index (χ1) is 10.5. The second-order valence-corrected chi connectivity index (χ2v) is 4.19. The molecule has 0 radical (unpaired) electrons. The summed E-state index contributed by atoms with van der Waals surface area (Å²) in [5.41, 5.74) is -0.250. The van der Waals surface area contributed by atoms with Gasteiger partial charge in [0.05, 0.1) is 17.7 Å². The van der Waals surface area contributed by atoms with E-state index in [0.29, 0.717) is 0 Å². The standard InChI is InChI=1S/C15H10F3N3O/c16-15(17,18)13-5-1-3-11(7-13)4-2-6-21-14(22)12-8-19-10-20-9-12/h1,3,5,7-10H,6H2,(H,21,22). The quantitative estimate of drug-likeness (QED) is 0.866. The molecule has 1 heterocycles. The van der Waals surface area contributed by atoms with E-state index in [2.05, 4.69) is 27.1 Å². The molecule has 4 nitrogen and oxygen atoms in total. The van der Waals surface area contributed by atoms with Crippen molar-refractivity contribution in [2.75, 3.05) is 6.54 Å². The molecule has 22 heavy (non-hydrogen) atoms. The Kier molecular flexibility index (Phi) is 4.73. The van der Waals surface area contributed by atoms with Crippen LogP contribution in [0.5, 0.6) is 0 Å². The largest absolute Gasteiger partial charge is 0.416 e. The van der Waals surface area contributed by atoms with Crippen molar-refractivity contribution in [2.45, 2.75) is 6.18 Å². The van der Waals surface area contributed by atoms with Crippen molar-refractivity contribution in [3.63, 3.8) is 0 Å². The van der Waals surface area contributed by atoms with Crippen LogP contribution < -0.4 is 5.32 Å². The van der Waals surface area contributed by atoms with Gasteiger partial charge in [0.2, 0.25) is 0 Å². The van der Waals surface area contributed by atoms with Crippen LogP contribution in [0.25, 0.3) is 0 Å². The summed E-state index contributed by atoms with van der Waals surface area (Å²) in [6.07, 6.45) is -0.408. The molecule has 0 bridgehead atoms. The van der Waals surface area contributed by atoms with Crippen molar-refractivity contribution in [1.82, 2.24) is 15.3 Å². The molecular formula is C15H10F3N3O. The zero-order valence-corrected chi connectivity index (χ0v) is 11.2. The Morgan fingerprint density at radius 2 is 1.95 bits per heavy atom. The van der Waals surface area contributed by atoms with E-state index in [4.69, 9.17) is 0 Å². The molecule has 1 aromatic carbocycles. The van der Waals surface area contributed by atoms with E-state index >= 15 is 0 Å². The summed E-state index contributed by atoms with van der Waals surface area (Å²) in [6.45, 7) is 0.00394. The summed E-state index contributed by atoms with van der Waals surface area (Å²) in [5, 5.41) is 2.50. The Bertz CT molecular complexity index is 718. The molecular weight excluding hydrogens is 295 g/mol. The number of nitrogens with zero attached hydrogens (tertiary/aromatic N) is 2. The Hall–Kier alpha value is -2.88. The maximum Gasteiger partial charge on any atom is 0.416 e. The number of nitrogens with one attached hydrogen (secondary N) is 1. The van der Waals surface area contributed by atoms with Crippen LogP contribution in [0.4, 0.5) is 13.2 Å². The van der Waals surface area contributed by atoms with Crippen LogP contribution in [0.1, 0.15) is 21.5 Å². The molecule has 1 aromatic heterocycles. The molecule has 0 fully saturated rings. The minimum atomic E-state index is -4.40. The lowest BCUT2D eigenvalue weighted by Crippen LogP contribution is -2.23. The average molecular weight is 305 g/mol. The van der Waals surface area contributed by atoms with E-state index in [1.54, 1.807) is 0 Å². The number of aromatic nitrogens is 2. The predicted octanol–water partition coefficient (Wildman–Crippen LogP) is 2.28. The normalized spacial score (nSPS) is 10.5. The molecule has 0 saturated heterocycles. The minimum Gasteiger partial charge on any atom is -0.341 e. The van der Waals surface area contributed by atoms with E-state index < -0.39 is 17.6 Å². The van der Waals surface area contributed by atoms with Gasteiger partial charge in [-0.05, 0) is 18.2 Å². The van der Waals surface area contributed by atoms with Crippen LogP contribution in [-0.4, -0.2) is 22.4 Å². The Morgan fingerprint density at radius 1 is 1.23 bits per heavy atom. The van der Waals surface area contributed by atoms with E-state index in [0.717, 1.165) is 12.1 Å². The van der Waals surface area contributed by atoms with Crippen LogP contribution in [0.15, 0.2) is 43.0 Å². The lowest BCUT2D eigenvalue weighted by atomic mass is 10.1. The summed E-state index contributed by atoms with van der Waals surface area (Å²) in [4.78, 5) is 19.0. The SMILES string of the molecule is O=C(NCC#Cc1cccc(C(F)(F)F)c1)c1cncnc1. The predicted molar refractivity (Wildman–Crippen MR) is 72.7 cm³/mol. The number of halogens is 3. The third kappa shape index (κ3) is 4.31. The Labute approximate surface area is 124 Å². The van der Waals surface area contributed by atoms with Gasteiger partial charge in [0.25, 0.3) is 5.91 Å². The van der Waals surface area contributed by atoms with E-state index in [1.807, 2.05) is 0 Å². The molecule has 0 unspecified atom stereocenters. The van der Waals surface area contributed by atoms with Gasteiger partial charge < -0.3 is 5.32 Å². The smallest absolute Gasteiger partial charge is 0.341 e. The lowest BCUT2D eigenvalue weighted by molar-refractivity contribution is -0.137. The molecule has 2 rings (SSSR count). The van der Waals surface area contributed by atoms with Gasteiger partial charge >= 0.3 is 6.18 Å². The van der Waals surface area contributed by atoms with E-state index in [1.165, 1.54) is 30.9 Å². The van der Waals surface area contributed by atoms with Gasteiger partial charge in [0.15, 0.2) is 0 Å². The maximum atomic E-state index is 12.5. The van der Waals surface area contributed by atoms with Crippen LogP contribution in [0.2, 0.25) is 0 Å². The van der Waals surface area contributed by atoms with Gasteiger partial charge in [-0.25, -0.2) is 9.97 Å². The molecule has 0 atom stereocenters. The van der Waals surface area contributed by atoms with Crippen molar-refractivity contribution >= 4 is 5.91 Å².